The smallest absolute Gasteiger partial charge is 0.238 e. The second-order valence-corrected chi connectivity index (χ2v) is 15.6. The molecule has 62 heavy (non-hydrogen) atoms. The summed E-state index contributed by atoms with van der Waals surface area (Å²) in [6.07, 6.45) is 0. The molecule has 0 atom stereocenters. The van der Waals surface area contributed by atoms with Crippen LogP contribution < -0.4 is 0 Å². The molecule has 9 aromatic carbocycles. The van der Waals surface area contributed by atoms with Crippen LogP contribution in [0.2, 0.25) is 0 Å². The summed E-state index contributed by atoms with van der Waals surface area (Å²) in [5.74, 6) is 1.81. The molecule has 290 valence electrons. The fraction of sp³-hybridized carbons (Fsp3) is 0. The summed E-state index contributed by atoms with van der Waals surface area (Å²) in [6, 6.07) is 79.3. The number of aromatic nitrogens is 5. The Morgan fingerprint density at radius 1 is 0.258 bits per heavy atom. The quantitative estimate of drug-likeness (QED) is 0.162. The fourth-order valence-corrected chi connectivity index (χ4v) is 9.12. The van der Waals surface area contributed by atoms with Crippen molar-refractivity contribution in [3.8, 4) is 67.8 Å². The monoisotopic (exact) mass is 791 g/mol. The van der Waals surface area contributed by atoms with Gasteiger partial charge in [-0.3, -0.25) is 4.57 Å². The molecule has 0 bridgehead atoms. The van der Waals surface area contributed by atoms with Crippen molar-refractivity contribution < 1.29 is 0 Å². The molecule has 0 radical (unpaired) electrons. The first-order valence-corrected chi connectivity index (χ1v) is 21.0. The maximum atomic E-state index is 5.27. The Kier molecular flexibility index (Phi) is 8.42. The van der Waals surface area contributed by atoms with Crippen LogP contribution in [0.25, 0.3) is 111 Å². The molecule has 12 rings (SSSR count). The van der Waals surface area contributed by atoms with Gasteiger partial charge in [-0.2, -0.15) is 9.97 Å². The van der Waals surface area contributed by atoms with Gasteiger partial charge in [0.15, 0.2) is 11.6 Å². The molecule has 0 aliphatic heterocycles. The van der Waals surface area contributed by atoms with Crippen LogP contribution in [0, 0.1) is 0 Å². The molecule has 0 spiro atoms. The summed E-state index contributed by atoms with van der Waals surface area (Å²) in [6.45, 7) is 0. The van der Waals surface area contributed by atoms with E-state index in [0.717, 1.165) is 60.6 Å². The van der Waals surface area contributed by atoms with Gasteiger partial charge in [-0.15, -0.1) is 0 Å². The van der Waals surface area contributed by atoms with Gasteiger partial charge in [0.1, 0.15) is 0 Å². The number of hydrogen-bond donors (Lipinski definition) is 0. The molecule has 0 unspecified atom stereocenters. The Morgan fingerprint density at radius 2 is 0.645 bits per heavy atom. The van der Waals surface area contributed by atoms with Crippen molar-refractivity contribution in [3.63, 3.8) is 0 Å². The van der Waals surface area contributed by atoms with E-state index >= 15 is 0 Å². The van der Waals surface area contributed by atoms with Crippen molar-refractivity contribution in [2.75, 3.05) is 0 Å². The highest BCUT2D eigenvalue weighted by Gasteiger charge is 2.23. The molecule has 0 N–H and O–H groups in total. The third-order valence-corrected chi connectivity index (χ3v) is 12.0. The van der Waals surface area contributed by atoms with Crippen LogP contribution in [0.4, 0.5) is 0 Å². The lowest BCUT2D eigenvalue weighted by atomic mass is 9.93. The second kappa shape index (κ2) is 14.7. The molecular weight excluding hydrogens is 755 g/mol. The number of benzene rings is 9. The Hall–Kier alpha value is -8.41. The van der Waals surface area contributed by atoms with Crippen LogP contribution in [0.15, 0.2) is 224 Å². The van der Waals surface area contributed by atoms with Crippen molar-refractivity contribution in [1.82, 2.24) is 24.1 Å². The molecule has 0 saturated heterocycles. The predicted molar refractivity (Wildman–Crippen MR) is 256 cm³/mol. The lowest BCUT2D eigenvalue weighted by Crippen LogP contribution is -2.07. The minimum absolute atomic E-state index is 0.567. The van der Waals surface area contributed by atoms with Gasteiger partial charge in [0, 0.05) is 38.4 Å². The van der Waals surface area contributed by atoms with E-state index in [4.69, 9.17) is 15.0 Å². The molecular formula is C57H37N5. The Morgan fingerprint density at radius 3 is 1.18 bits per heavy atom. The topological polar surface area (TPSA) is 48.5 Å². The molecule has 3 aromatic heterocycles. The first kappa shape index (κ1) is 35.5. The Labute approximate surface area is 358 Å². The Balaban J connectivity index is 1.07. The second-order valence-electron chi connectivity index (χ2n) is 15.6. The number of para-hydroxylation sites is 2. The minimum Gasteiger partial charge on any atom is -0.307 e. The van der Waals surface area contributed by atoms with Gasteiger partial charge < -0.3 is 4.57 Å². The number of fused-ring (bicyclic) bond motifs is 7. The van der Waals surface area contributed by atoms with E-state index in [0.29, 0.717) is 17.6 Å². The molecule has 0 fully saturated rings. The molecule has 0 aliphatic carbocycles. The van der Waals surface area contributed by atoms with Gasteiger partial charge in [0.2, 0.25) is 5.95 Å². The molecule has 5 nitrogen and oxygen atoms in total. The average molecular weight is 792 g/mol. The van der Waals surface area contributed by atoms with E-state index in [1.807, 2.05) is 36.4 Å². The third-order valence-electron chi connectivity index (χ3n) is 12.0. The SMILES string of the molecule is c1ccc(-c2ccc(-c3ccccc3-c3ccc(-n4c5ccccc5c5ccc6c7ccccc7n(-c7nc(-c8ccccc8)nc(-c8ccccc8)n7)c6c54)cc3)cc2)cc1. The number of nitrogens with zero attached hydrogens (tertiary/aromatic N) is 5. The summed E-state index contributed by atoms with van der Waals surface area (Å²) in [4.78, 5) is 15.6. The van der Waals surface area contributed by atoms with Crippen LogP contribution >= 0.6 is 0 Å². The van der Waals surface area contributed by atoms with Crippen LogP contribution in [-0.4, -0.2) is 24.1 Å². The van der Waals surface area contributed by atoms with E-state index in [1.54, 1.807) is 0 Å². The molecule has 0 amide bonds. The Bertz CT molecular complexity index is 3530. The highest BCUT2D eigenvalue weighted by Crippen LogP contribution is 2.42. The zero-order valence-electron chi connectivity index (χ0n) is 33.6. The van der Waals surface area contributed by atoms with Gasteiger partial charge in [0.05, 0.1) is 22.1 Å². The summed E-state index contributed by atoms with van der Waals surface area (Å²) < 4.78 is 4.66. The largest absolute Gasteiger partial charge is 0.307 e. The van der Waals surface area contributed by atoms with Gasteiger partial charge in [-0.1, -0.05) is 200 Å². The van der Waals surface area contributed by atoms with E-state index in [2.05, 4.69) is 197 Å². The van der Waals surface area contributed by atoms with Crippen molar-refractivity contribution in [3.05, 3.63) is 224 Å². The highest BCUT2D eigenvalue weighted by molar-refractivity contribution is 6.23. The van der Waals surface area contributed by atoms with Crippen LogP contribution in [0.3, 0.4) is 0 Å². The molecule has 5 heteroatoms. The molecule has 0 aliphatic rings. The van der Waals surface area contributed by atoms with Crippen LogP contribution in [0.1, 0.15) is 0 Å². The lowest BCUT2D eigenvalue weighted by molar-refractivity contribution is 0.953. The predicted octanol–water partition coefficient (Wildman–Crippen LogP) is 14.4. The van der Waals surface area contributed by atoms with Gasteiger partial charge in [-0.05, 0) is 57.6 Å². The molecule has 3 heterocycles. The van der Waals surface area contributed by atoms with Crippen molar-refractivity contribution in [2.24, 2.45) is 0 Å². The zero-order chi connectivity index (χ0) is 41.0. The van der Waals surface area contributed by atoms with E-state index in [-0.39, 0.29) is 0 Å². The fourth-order valence-electron chi connectivity index (χ4n) is 9.12. The standard InChI is InChI=1S/C57H37N5/c1-4-16-38(17-5-1)39-28-30-40(31-29-39)45-22-10-11-23-46(45)41-32-34-44(35-33-41)61-51-26-14-12-24-47(51)49-36-37-50-48-25-13-15-27-52(48)62(54(50)53(49)61)57-59-55(42-18-6-2-7-19-42)58-56(60-57)43-20-8-3-9-21-43/h1-37H. The van der Waals surface area contributed by atoms with Gasteiger partial charge in [0.25, 0.3) is 0 Å². The number of hydrogen-bond acceptors (Lipinski definition) is 3. The summed E-state index contributed by atoms with van der Waals surface area (Å²) in [5.41, 5.74) is 14.4. The van der Waals surface area contributed by atoms with Gasteiger partial charge in [-0.25, -0.2) is 4.98 Å². The third kappa shape index (κ3) is 5.90. The van der Waals surface area contributed by atoms with Crippen molar-refractivity contribution in [1.29, 1.82) is 0 Å². The van der Waals surface area contributed by atoms with Gasteiger partial charge >= 0.3 is 0 Å². The molecule has 0 saturated carbocycles. The highest BCUT2D eigenvalue weighted by atomic mass is 15.2. The maximum absolute atomic E-state index is 5.27. The number of rotatable bonds is 7. The summed E-state index contributed by atoms with van der Waals surface area (Å²) >= 11 is 0. The first-order valence-electron chi connectivity index (χ1n) is 21.0. The summed E-state index contributed by atoms with van der Waals surface area (Å²) in [7, 11) is 0. The van der Waals surface area contributed by atoms with Crippen LogP contribution in [0.5, 0.6) is 0 Å². The molecule has 12 aromatic rings. The lowest BCUT2D eigenvalue weighted by Gasteiger charge is -2.14. The normalized spacial score (nSPS) is 11.5. The van der Waals surface area contributed by atoms with Crippen molar-refractivity contribution >= 4 is 43.6 Å². The first-order chi connectivity index (χ1) is 30.8. The van der Waals surface area contributed by atoms with Crippen LogP contribution in [-0.2, 0) is 0 Å². The van der Waals surface area contributed by atoms with E-state index < -0.39 is 0 Å². The van der Waals surface area contributed by atoms with Crippen molar-refractivity contribution in [2.45, 2.75) is 0 Å². The summed E-state index contributed by atoms with van der Waals surface area (Å²) in [5, 5.41) is 4.60. The average Bonchev–Trinajstić information content (AvgIpc) is 3.88. The van der Waals surface area contributed by atoms with E-state index in [1.165, 1.54) is 33.2 Å². The minimum atomic E-state index is 0.567. The maximum Gasteiger partial charge on any atom is 0.238 e. The van der Waals surface area contributed by atoms with E-state index in [9.17, 15) is 0 Å². The zero-order valence-corrected chi connectivity index (χ0v) is 33.6.